The Kier molecular flexibility index (Phi) is 4.25. The van der Waals surface area contributed by atoms with Crippen LogP contribution < -0.4 is 10.9 Å². The van der Waals surface area contributed by atoms with Crippen molar-refractivity contribution in [3.8, 4) is 11.1 Å². The Morgan fingerprint density at radius 2 is 1.69 bits per heavy atom. The molecule has 0 saturated carbocycles. The van der Waals surface area contributed by atoms with E-state index in [1.807, 2.05) is 78.9 Å². The molecule has 0 aliphatic heterocycles. The third-order valence-electron chi connectivity index (χ3n) is 5.08. The molecular weight excluding hydrogens is 428 g/mol. The molecule has 142 valence electrons. The molecule has 0 aliphatic rings. The molecule has 5 aromatic rings. The normalized spacial score (nSPS) is 11.2. The summed E-state index contributed by atoms with van der Waals surface area (Å²) >= 11 is 3.54. The molecule has 0 amide bonds. The van der Waals surface area contributed by atoms with Crippen LogP contribution in [0.4, 0.5) is 11.6 Å². The number of nitrogens with zero attached hydrogens (tertiary/aromatic N) is 1. The van der Waals surface area contributed by atoms with Gasteiger partial charge in [-0.25, -0.2) is 0 Å². The van der Waals surface area contributed by atoms with Gasteiger partial charge in [0.15, 0.2) is 5.58 Å². The zero-order chi connectivity index (χ0) is 20.0. The summed E-state index contributed by atoms with van der Waals surface area (Å²) in [5.74, 6) is 0.553. The minimum absolute atomic E-state index is 0.0847. The number of hydrogen-bond acceptors (Lipinski definition) is 3. The Bertz CT molecular complexity index is 1420. The number of aryl methyl sites for hydroxylation is 1. The van der Waals surface area contributed by atoms with Gasteiger partial charge in [0.2, 0.25) is 5.88 Å². The van der Waals surface area contributed by atoms with Crippen LogP contribution in [0.25, 0.3) is 33.0 Å². The lowest BCUT2D eigenvalue weighted by atomic mass is 10.0. The predicted octanol–water partition coefficient (Wildman–Crippen LogP) is 6.46. The first-order chi connectivity index (χ1) is 14.1. The molecule has 4 nitrogen and oxygen atoms in total. The van der Waals surface area contributed by atoms with Crippen LogP contribution in [0, 0.1) is 0 Å². The van der Waals surface area contributed by atoms with E-state index in [0.717, 1.165) is 32.2 Å². The number of aromatic nitrogens is 1. The maximum Gasteiger partial charge on any atom is 0.262 e. The van der Waals surface area contributed by atoms with E-state index in [2.05, 4.69) is 21.2 Å². The van der Waals surface area contributed by atoms with Gasteiger partial charge in [0.25, 0.3) is 5.56 Å². The van der Waals surface area contributed by atoms with Crippen LogP contribution in [-0.4, -0.2) is 4.57 Å². The van der Waals surface area contributed by atoms with Gasteiger partial charge in [0.05, 0.1) is 16.5 Å². The highest BCUT2D eigenvalue weighted by atomic mass is 79.9. The molecule has 2 heterocycles. The van der Waals surface area contributed by atoms with Gasteiger partial charge in [-0.15, -0.1) is 0 Å². The van der Waals surface area contributed by atoms with Gasteiger partial charge >= 0.3 is 0 Å². The van der Waals surface area contributed by atoms with Crippen molar-refractivity contribution in [3.05, 3.63) is 93.7 Å². The lowest BCUT2D eigenvalue weighted by molar-refractivity contribution is 0.638. The molecule has 2 aromatic heterocycles. The third kappa shape index (κ3) is 2.95. The summed E-state index contributed by atoms with van der Waals surface area (Å²) in [5, 5.41) is 4.84. The summed E-state index contributed by atoms with van der Waals surface area (Å²) < 4.78 is 8.93. The smallest absolute Gasteiger partial charge is 0.262 e. The van der Waals surface area contributed by atoms with E-state index < -0.39 is 0 Å². The summed E-state index contributed by atoms with van der Waals surface area (Å²) in [7, 11) is 1.80. The minimum Gasteiger partial charge on any atom is -0.439 e. The SMILES string of the molecule is Cn1c(=O)c2c(-c3cccc(Br)c3)c(Nc3ccccc3)oc2c2ccccc21. The highest BCUT2D eigenvalue weighted by molar-refractivity contribution is 9.10. The maximum absolute atomic E-state index is 13.4. The van der Waals surface area contributed by atoms with E-state index in [1.165, 1.54) is 0 Å². The Labute approximate surface area is 175 Å². The molecule has 29 heavy (non-hydrogen) atoms. The summed E-state index contributed by atoms with van der Waals surface area (Å²) in [6.07, 6.45) is 0. The van der Waals surface area contributed by atoms with Crippen molar-refractivity contribution in [1.82, 2.24) is 4.57 Å². The monoisotopic (exact) mass is 444 g/mol. The van der Waals surface area contributed by atoms with Crippen molar-refractivity contribution >= 4 is 49.4 Å². The number of anilines is 2. The van der Waals surface area contributed by atoms with Gasteiger partial charge in [-0.2, -0.15) is 0 Å². The molecule has 5 rings (SSSR count). The number of furan rings is 1. The van der Waals surface area contributed by atoms with Crippen LogP contribution >= 0.6 is 15.9 Å². The number of nitrogens with one attached hydrogen (secondary N) is 1. The van der Waals surface area contributed by atoms with Crippen LogP contribution in [0.2, 0.25) is 0 Å². The molecule has 0 spiro atoms. The second-order valence-corrected chi connectivity index (χ2v) is 7.81. The number of para-hydroxylation sites is 2. The van der Waals surface area contributed by atoms with Crippen molar-refractivity contribution in [3.63, 3.8) is 0 Å². The molecule has 0 aliphatic carbocycles. The summed E-state index contributed by atoms with van der Waals surface area (Å²) in [5.41, 5.74) is 3.91. The topological polar surface area (TPSA) is 47.2 Å². The van der Waals surface area contributed by atoms with E-state index in [4.69, 9.17) is 4.42 Å². The zero-order valence-electron chi connectivity index (χ0n) is 15.6. The van der Waals surface area contributed by atoms with E-state index >= 15 is 0 Å². The van der Waals surface area contributed by atoms with Crippen molar-refractivity contribution in [1.29, 1.82) is 0 Å². The Morgan fingerprint density at radius 3 is 2.48 bits per heavy atom. The van der Waals surface area contributed by atoms with Gasteiger partial charge in [-0.1, -0.05) is 58.4 Å². The number of pyridine rings is 1. The molecule has 0 unspecified atom stereocenters. The number of hydrogen-bond donors (Lipinski definition) is 1. The Morgan fingerprint density at radius 1 is 0.931 bits per heavy atom. The van der Waals surface area contributed by atoms with Crippen molar-refractivity contribution in [2.75, 3.05) is 5.32 Å². The van der Waals surface area contributed by atoms with Crippen LogP contribution in [0.1, 0.15) is 0 Å². The van der Waals surface area contributed by atoms with E-state index in [1.54, 1.807) is 11.6 Å². The number of halogens is 1. The second-order valence-electron chi connectivity index (χ2n) is 6.89. The first-order valence-electron chi connectivity index (χ1n) is 9.26. The van der Waals surface area contributed by atoms with E-state index in [-0.39, 0.29) is 5.56 Å². The fourth-order valence-electron chi connectivity index (χ4n) is 3.72. The highest BCUT2D eigenvalue weighted by Crippen LogP contribution is 2.41. The fraction of sp³-hybridized carbons (Fsp3) is 0.0417. The number of rotatable bonds is 3. The summed E-state index contributed by atoms with van der Waals surface area (Å²) in [6.45, 7) is 0. The first kappa shape index (κ1) is 17.8. The summed E-state index contributed by atoms with van der Waals surface area (Å²) in [4.78, 5) is 13.4. The largest absolute Gasteiger partial charge is 0.439 e. The fourth-order valence-corrected chi connectivity index (χ4v) is 4.12. The van der Waals surface area contributed by atoms with Gasteiger partial charge in [0.1, 0.15) is 0 Å². The molecule has 0 radical (unpaired) electrons. The number of benzene rings is 3. The first-order valence-corrected chi connectivity index (χ1v) is 10.0. The predicted molar refractivity (Wildman–Crippen MR) is 122 cm³/mol. The molecule has 3 aromatic carbocycles. The third-order valence-corrected chi connectivity index (χ3v) is 5.57. The Hall–Kier alpha value is -3.31. The van der Waals surface area contributed by atoms with Crippen LogP contribution in [0.3, 0.4) is 0 Å². The molecule has 1 N–H and O–H groups in total. The van der Waals surface area contributed by atoms with Gasteiger partial charge in [0, 0.05) is 22.6 Å². The van der Waals surface area contributed by atoms with Gasteiger partial charge in [-0.3, -0.25) is 4.79 Å². The lowest BCUT2D eigenvalue weighted by Crippen LogP contribution is -2.17. The molecule has 0 fully saturated rings. The van der Waals surface area contributed by atoms with Gasteiger partial charge < -0.3 is 14.3 Å². The average molecular weight is 445 g/mol. The van der Waals surface area contributed by atoms with Crippen molar-refractivity contribution < 1.29 is 4.42 Å². The lowest BCUT2D eigenvalue weighted by Gasteiger charge is -2.07. The van der Waals surface area contributed by atoms with Crippen molar-refractivity contribution in [2.45, 2.75) is 0 Å². The van der Waals surface area contributed by atoms with Gasteiger partial charge in [-0.05, 0) is 42.0 Å². The summed E-state index contributed by atoms with van der Waals surface area (Å²) in [6, 6.07) is 25.5. The van der Waals surface area contributed by atoms with E-state index in [9.17, 15) is 4.79 Å². The quantitative estimate of drug-likeness (QED) is 0.347. The maximum atomic E-state index is 13.4. The Balaban J connectivity index is 1.90. The molecule has 0 saturated heterocycles. The average Bonchev–Trinajstić information content (AvgIpc) is 3.12. The minimum atomic E-state index is -0.0847. The molecular formula is C24H17BrN2O2. The van der Waals surface area contributed by atoms with Crippen LogP contribution in [0.5, 0.6) is 0 Å². The van der Waals surface area contributed by atoms with E-state index in [0.29, 0.717) is 16.9 Å². The molecule has 5 heteroatoms. The zero-order valence-corrected chi connectivity index (χ0v) is 17.2. The standard InChI is InChI=1S/C24H17BrN2O2/c1-27-19-13-6-5-12-18(19)22-21(24(27)28)20(15-8-7-9-16(25)14-15)23(29-22)26-17-10-3-2-4-11-17/h2-14,26H,1H3. The number of fused-ring (bicyclic) bond motifs is 3. The van der Waals surface area contributed by atoms with Crippen LogP contribution in [0.15, 0.2) is 92.5 Å². The van der Waals surface area contributed by atoms with Crippen LogP contribution in [-0.2, 0) is 7.05 Å². The second kappa shape index (κ2) is 6.94. The molecule has 0 atom stereocenters. The van der Waals surface area contributed by atoms with Crippen molar-refractivity contribution in [2.24, 2.45) is 7.05 Å². The molecule has 0 bridgehead atoms. The highest BCUT2D eigenvalue weighted by Gasteiger charge is 2.22.